The van der Waals surface area contributed by atoms with Crippen molar-refractivity contribution in [3.8, 4) is 11.5 Å². The molecular weight excluding hydrogens is 324 g/mol. The number of hydrogen-bond donors (Lipinski definition) is 2. The van der Waals surface area contributed by atoms with Gasteiger partial charge in [-0.1, -0.05) is 33.6 Å². The highest BCUT2D eigenvalue weighted by Gasteiger charge is 2.60. The number of aryl methyl sites for hydroxylation is 1. The minimum atomic E-state index is -0.721. The maximum absolute atomic E-state index is 11.0. The molecule has 1 aromatic carbocycles. The Hall–Kier alpha value is -1.22. The Morgan fingerprint density at radius 1 is 1.12 bits per heavy atom. The van der Waals surface area contributed by atoms with E-state index in [1.165, 1.54) is 12.8 Å². The molecule has 1 aliphatic heterocycles. The molecule has 0 radical (unpaired) electrons. The van der Waals surface area contributed by atoms with Crippen LogP contribution in [0, 0.1) is 11.3 Å². The Morgan fingerprint density at radius 3 is 2.46 bits per heavy atom. The number of unbranched alkanes of at least 4 members (excludes halogenated alkanes) is 2. The van der Waals surface area contributed by atoms with Gasteiger partial charge in [-0.15, -0.1) is 0 Å². The van der Waals surface area contributed by atoms with E-state index in [4.69, 9.17) is 4.74 Å². The van der Waals surface area contributed by atoms with Gasteiger partial charge in [0.25, 0.3) is 0 Å². The Balaban J connectivity index is 2.08. The molecule has 0 aromatic heterocycles. The van der Waals surface area contributed by atoms with Crippen LogP contribution in [0.1, 0.15) is 90.7 Å². The van der Waals surface area contributed by atoms with Gasteiger partial charge >= 0.3 is 0 Å². The molecule has 1 saturated carbocycles. The maximum atomic E-state index is 11.0. The largest absolute Gasteiger partial charge is 0.508 e. The van der Waals surface area contributed by atoms with E-state index in [0.717, 1.165) is 42.6 Å². The zero-order chi connectivity index (χ0) is 19.3. The number of phenols is 1. The Kier molecular flexibility index (Phi) is 4.84. The molecule has 0 saturated heterocycles. The van der Waals surface area contributed by atoms with Crippen LogP contribution in [0.5, 0.6) is 11.5 Å². The van der Waals surface area contributed by atoms with Gasteiger partial charge in [-0.3, -0.25) is 0 Å². The first-order valence-electron chi connectivity index (χ1n) is 10.3. The van der Waals surface area contributed by atoms with E-state index in [2.05, 4.69) is 40.7 Å². The number of hydrogen-bond acceptors (Lipinski definition) is 3. The first kappa shape index (κ1) is 19.5. The zero-order valence-corrected chi connectivity index (χ0v) is 17.4. The van der Waals surface area contributed by atoms with E-state index in [-0.39, 0.29) is 22.9 Å². The number of fused-ring (bicyclic) bond motifs is 3. The van der Waals surface area contributed by atoms with Crippen molar-refractivity contribution in [1.82, 2.24) is 0 Å². The average molecular weight is 361 g/mol. The van der Waals surface area contributed by atoms with Gasteiger partial charge in [0.15, 0.2) is 0 Å². The highest BCUT2D eigenvalue weighted by atomic mass is 16.5. The molecule has 3 rings (SSSR count). The first-order valence-corrected chi connectivity index (χ1v) is 10.3. The molecule has 0 bridgehead atoms. The molecule has 0 amide bonds. The first-order chi connectivity index (χ1) is 12.0. The lowest BCUT2D eigenvalue weighted by molar-refractivity contribution is -0.148. The van der Waals surface area contributed by atoms with Crippen LogP contribution in [0.15, 0.2) is 12.1 Å². The van der Waals surface area contributed by atoms with Gasteiger partial charge in [0.05, 0.1) is 5.60 Å². The minimum Gasteiger partial charge on any atom is -0.508 e. The van der Waals surface area contributed by atoms with Crippen LogP contribution < -0.4 is 4.74 Å². The van der Waals surface area contributed by atoms with Crippen molar-refractivity contribution in [2.45, 2.75) is 97.2 Å². The summed E-state index contributed by atoms with van der Waals surface area (Å²) < 4.78 is 6.49. The molecule has 1 fully saturated rings. The minimum absolute atomic E-state index is 0.0556. The van der Waals surface area contributed by atoms with Crippen LogP contribution in [-0.2, 0) is 6.42 Å². The van der Waals surface area contributed by atoms with Crippen LogP contribution >= 0.6 is 0 Å². The highest BCUT2D eigenvalue weighted by Crippen LogP contribution is 2.64. The van der Waals surface area contributed by atoms with Crippen LogP contribution in [0.3, 0.4) is 0 Å². The molecule has 1 aromatic rings. The summed E-state index contributed by atoms with van der Waals surface area (Å²) in [5, 5.41) is 21.9. The van der Waals surface area contributed by atoms with Gasteiger partial charge in [0, 0.05) is 16.9 Å². The predicted octanol–water partition coefficient (Wildman–Crippen LogP) is 5.57. The monoisotopic (exact) mass is 360 g/mol. The summed E-state index contributed by atoms with van der Waals surface area (Å²) in [5.41, 5.74) is 0.858. The third-order valence-corrected chi connectivity index (χ3v) is 7.62. The summed E-state index contributed by atoms with van der Waals surface area (Å²) in [4.78, 5) is 0. The smallest absolute Gasteiger partial charge is 0.127 e. The average Bonchev–Trinajstić information content (AvgIpc) is 2.53. The fourth-order valence-electron chi connectivity index (χ4n) is 5.23. The van der Waals surface area contributed by atoms with Gasteiger partial charge in [-0.05, 0) is 70.1 Å². The zero-order valence-electron chi connectivity index (χ0n) is 17.4. The molecule has 3 heteroatoms. The second-order valence-electron chi connectivity index (χ2n) is 9.64. The van der Waals surface area contributed by atoms with E-state index < -0.39 is 5.60 Å². The van der Waals surface area contributed by atoms with Gasteiger partial charge < -0.3 is 14.9 Å². The van der Waals surface area contributed by atoms with E-state index >= 15 is 0 Å². The molecule has 0 spiro atoms. The third-order valence-electron chi connectivity index (χ3n) is 7.62. The van der Waals surface area contributed by atoms with Crippen molar-refractivity contribution in [2.24, 2.45) is 11.3 Å². The lowest BCUT2D eigenvalue weighted by Gasteiger charge is -2.60. The van der Waals surface area contributed by atoms with Crippen molar-refractivity contribution in [3.05, 3.63) is 23.3 Å². The number of ether oxygens (including phenoxy) is 1. The summed E-state index contributed by atoms with van der Waals surface area (Å²) in [6.07, 6.45) is 6.13. The lowest BCUT2D eigenvalue weighted by Crippen LogP contribution is -2.60. The fourth-order valence-corrected chi connectivity index (χ4v) is 5.23. The van der Waals surface area contributed by atoms with Crippen LogP contribution in [-0.4, -0.2) is 21.4 Å². The Labute approximate surface area is 158 Å². The quantitative estimate of drug-likeness (QED) is 0.690. The second-order valence-corrected chi connectivity index (χ2v) is 9.64. The molecule has 1 heterocycles. The molecule has 3 nitrogen and oxygen atoms in total. The van der Waals surface area contributed by atoms with Crippen molar-refractivity contribution >= 4 is 0 Å². The number of aliphatic hydroxyl groups is 1. The molecule has 1 unspecified atom stereocenters. The Morgan fingerprint density at radius 2 is 1.81 bits per heavy atom. The van der Waals surface area contributed by atoms with Crippen LogP contribution in [0.2, 0.25) is 0 Å². The molecule has 26 heavy (non-hydrogen) atoms. The molecule has 4 atom stereocenters. The van der Waals surface area contributed by atoms with E-state index in [1.54, 1.807) is 0 Å². The lowest BCUT2D eigenvalue weighted by atomic mass is 9.50. The second kappa shape index (κ2) is 6.44. The summed E-state index contributed by atoms with van der Waals surface area (Å²) in [5.74, 6) is 1.29. The fraction of sp³-hybridized carbons (Fsp3) is 0.739. The normalized spacial score (nSPS) is 35.3. The van der Waals surface area contributed by atoms with E-state index in [0.29, 0.717) is 5.75 Å². The number of rotatable bonds is 4. The van der Waals surface area contributed by atoms with Crippen molar-refractivity contribution < 1.29 is 14.9 Å². The topological polar surface area (TPSA) is 49.7 Å². The molecule has 2 aliphatic rings. The Bertz CT molecular complexity index is 676. The summed E-state index contributed by atoms with van der Waals surface area (Å²) in [7, 11) is 0. The van der Waals surface area contributed by atoms with Crippen molar-refractivity contribution in [1.29, 1.82) is 0 Å². The van der Waals surface area contributed by atoms with Gasteiger partial charge in [-0.2, -0.15) is 0 Å². The van der Waals surface area contributed by atoms with E-state index in [9.17, 15) is 10.2 Å². The molecule has 1 aliphatic carbocycles. The number of aromatic hydroxyl groups is 1. The summed E-state index contributed by atoms with van der Waals surface area (Å²) in [6.45, 7) is 12.9. The van der Waals surface area contributed by atoms with Crippen LogP contribution in [0.25, 0.3) is 0 Å². The molecular formula is C23H36O3. The molecule has 2 N–H and O–H groups in total. The van der Waals surface area contributed by atoms with Gasteiger partial charge in [0.1, 0.15) is 17.1 Å². The van der Waals surface area contributed by atoms with Gasteiger partial charge in [0.2, 0.25) is 0 Å². The summed E-state index contributed by atoms with van der Waals surface area (Å²) >= 11 is 0. The maximum Gasteiger partial charge on any atom is 0.127 e. The van der Waals surface area contributed by atoms with Crippen LogP contribution in [0.4, 0.5) is 0 Å². The molecule has 146 valence electrons. The summed E-state index contributed by atoms with van der Waals surface area (Å²) in [6, 6.07) is 4.05. The van der Waals surface area contributed by atoms with Crippen molar-refractivity contribution in [3.63, 3.8) is 0 Å². The van der Waals surface area contributed by atoms with Crippen molar-refractivity contribution in [2.75, 3.05) is 0 Å². The predicted molar refractivity (Wildman–Crippen MR) is 106 cm³/mol. The standard InChI is InChI=1S/C23H36O3/c1-7-8-9-10-16-13-17(24)19-18(14-16)26-21(3,4)22(5)11-12-23(6,25)15(2)20(19)22/h13-15,20,24-25H,7-12H2,1-6H3/t15-,20?,22+,23-/m0/s1. The SMILES string of the molecule is CCCCCc1cc(O)c2c(c1)OC(C)(C)[C@]1(C)CC[C@](C)(O)[C@@H](C)C21. The highest BCUT2D eigenvalue weighted by molar-refractivity contribution is 5.53. The number of phenolic OH excluding ortho intramolecular Hbond substituents is 1. The third kappa shape index (κ3) is 2.93. The van der Waals surface area contributed by atoms with E-state index in [1.807, 2.05) is 13.0 Å². The van der Waals surface area contributed by atoms with Gasteiger partial charge in [-0.25, -0.2) is 0 Å². The number of benzene rings is 1.